The molecule has 0 aromatic rings. The highest BCUT2D eigenvalue weighted by Gasteiger charge is 2.18. The van der Waals surface area contributed by atoms with Crippen molar-refractivity contribution in [1.82, 2.24) is 0 Å². The van der Waals surface area contributed by atoms with Gasteiger partial charge < -0.3 is 5.11 Å². The fourth-order valence-corrected chi connectivity index (χ4v) is 1.25. The Hall–Kier alpha value is -0.840. The van der Waals surface area contributed by atoms with E-state index in [0.717, 1.165) is 0 Å². The topological polar surface area (TPSA) is 63.4 Å². The lowest BCUT2D eigenvalue weighted by molar-refractivity contribution is -0.426. The molecule has 4 nitrogen and oxygen atoms in total. The lowest BCUT2D eigenvalue weighted by Gasteiger charge is -2.11. The van der Waals surface area contributed by atoms with Crippen molar-refractivity contribution in [2.24, 2.45) is 5.41 Å². The molecular formula is C10H16BrNO3. The Bertz CT molecular complexity index is 300. The minimum absolute atomic E-state index is 0.0620. The van der Waals surface area contributed by atoms with Crippen molar-refractivity contribution < 1.29 is 10.0 Å². The summed E-state index contributed by atoms with van der Waals surface area (Å²) in [6, 6.07) is 0. The molecule has 0 amide bonds. The van der Waals surface area contributed by atoms with Gasteiger partial charge in [-0.15, -0.1) is 0 Å². The van der Waals surface area contributed by atoms with E-state index in [1.165, 1.54) is 6.08 Å². The highest BCUT2D eigenvalue weighted by Crippen LogP contribution is 2.19. The molecule has 0 heterocycles. The fourth-order valence-electron chi connectivity index (χ4n) is 0.950. The van der Waals surface area contributed by atoms with Crippen LogP contribution in [0, 0.1) is 15.5 Å². The van der Waals surface area contributed by atoms with Gasteiger partial charge in [-0.2, -0.15) is 0 Å². The van der Waals surface area contributed by atoms with E-state index in [4.69, 9.17) is 0 Å². The third-order valence-corrected chi connectivity index (χ3v) is 1.96. The molecule has 86 valence electrons. The minimum Gasteiger partial charge on any atom is -0.508 e. The normalized spacial score (nSPS) is 16.3. The first-order valence-corrected chi connectivity index (χ1v) is 5.47. The predicted molar refractivity (Wildman–Crippen MR) is 63.6 cm³/mol. The molecule has 0 saturated carbocycles. The number of halogens is 1. The van der Waals surface area contributed by atoms with Crippen molar-refractivity contribution in [2.45, 2.75) is 32.5 Å². The number of alkyl halides is 1. The van der Waals surface area contributed by atoms with Gasteiger partial charge in [-0.25, -0.2) is 0 Å². The molecule has 0 radical (unpaired) electrons. The lowest BCUT2D eigenvalue weighted by atomic mass is 9.95. The van der Waals surface area contributed by atoms with Gasteiger partial charge in [0.15, 0.2) is 0 Å². The average Bonchev–Trinajstić information content (AvgIpc) is 1.95. The SMILES string of the molecule is C[C@H](Br)/C(=C\C(O)=C\C(C)(C)C)[N+](=O)[O-]. The van der Waals surface area contributed by atoms with Gasteiger partial charge in [-0.3, -0.25) is 10.1 Å². The molecule has 0 aliphatic carbocycles. The summed E-state index contributed by atoms with van der Waals surface area (Å²) in [6.45, 7) is 7.35. The van der Waals surface area contributed by atoms with Crippen molar-refractivity contribution in [1.29, 1.82) is 0 Å². The maximum absolute atomic E-state index is 10.6. The fraction of sp³-hybridized carbons (Fsp3) is 0.600. The summed E-state index contributed by atoms with van der Waals surface area (Å²) in [5, 5.41) is 20.1. The molecule has 15 heavy (non-hydrogen) atoms. The maximum atomic E-state index is 10.6. The third-order valence-electron chi connectivity index (χ3n) is 1.50. The quantitative estimate of drug-likeness (QED) is 0.283. The highest BCUT2D eigenvalue weighted by molar-refractivity contribution is 9.09. The molecule has 0 unspecified atom stereocenters. The monoisotopic (exact) mass is 277 g/mol. The summed E-state index contributed by atoms with van der Waals surface area (Å²) in [5.74, 6) is -0.0829. The molecule has 0 aliphatic rings. The standard InChI is InChI=1S/C10H16BrNO3/c1-7(11)9(12(14)15)5-8(13)6-10(2,3)4/h5-7,13H,1-4H3/b8-6-,9-5+/t7-/m0/s1. The van der Waals surface area contributed by atoms with Crippen LogP contribution in [0.25, 0.3) is 0 Å². The van der Waals surface area contributed by atoms with Crippen molar-refractivity contribution >= 4 is 15.9 Å². The molecule has 0 aromatic carbocycles. The van der Waals surface area contributed by atoms with Crippen LogP contribution in [-0.2, 0) is 0 Å². The molecule has 5 heteroatoms. The molecule has 0 rings (SSSR count). The first-order chi connectivity index (χ1) is 6.63. The van der Waals surface area contributed by atoms with Gasteiger partial charge >= 0.3 is 0 Å². The van der Waals surface area contributed by atoms with Crippen LogP contribution in [0.4, 0.5) is 0 Å². The third kappa shape index (κ3) is 6.28. The van der Waals surface area contributed by atoms with E-state index in [0.29, 0.717) is 0 Å². The molecule has 0 aromatic heterocycles. The summed E-state index contributed by atoms with van der Waals surface area (Å²) in [6.07, 6.45) is 2.75. The number of nitrogens with zero attached hydrogens (tertiary/aromatic N) is 1. The zero-order chi connectivity index (χ0) is 12.2. The second-order valence-electron chi connectivity index (χ2n) is 4.38. The van der Waals surface area contributed by atoms with E-state index in [-0.39, 0.29) is 16.9 Å². The number of hydrogen-bond donors (Lipinski definition) is 1. The van der Waals surface area contributed by atoms with Crippen molar-refractivity contribution in [3.63, 3.8) is 0 Å². The van der Waals surface area contributed by atoms with Crippen LogP contribution < -0.4 is 0 Å². The van der Waals surface area contributed by atoms with Crippen LogP contribution in [0.2, 0.25) is 0 Å². The summed E-state index contributed by atoms with van der Waals surface area (Å²) < 4.78 is 0. The van der Waals surface area contributed by atoms with E-state index < -0.39 is 9.75 Å². The minimum atomic E-state index is -0.508. The van der Waals surface area contributed by atoms with E-state index >= 15 is 0 Å². The van der Waals surface area contributed by atoms with Gasteiger partial charge in [0.25, 0.3) is 5.70 Å². The Morgan fingerprint density at radius 2 is 2.00 bits per heavy atom. The molecule has 1 atom stereocenters. The first kappa shape index (κ1) is 14.2. The van der Waals surface area contributed by atoms with Crippen LogP contribution in [0.1, 0.15) is 27.7 Å². The summed E-state index contributed by atoms with van der Waals surface area (Å²) >= 11 is 3.10. The number of hydrogen-bond acceptors (Lipinski definition) is 3. The predicted octanol–water partition coefficient (Wildman–Crippen LogP) is 3.42. The Balaban J connectivity index is 5.01. The van der Waals surface area contributed by atoms with Gasteiger partial charge in [0.2, 0.25) is 0 Å². The molecule has 0 aliphatic heterocycles. The van der Waals surface area contributed by atoms with E-state index in [1.807, 2.05) is 20.8 Å². The zero-order valence-electron chi connectivity index (χ0n) is 9.32. The Morgan fingerprint density at radius 3 is 2.27 bits per heavy atom. The number of rotatable bonds is 3. The number of aliphatic hydroxyl groups excluding tert-OH is 1. The summed E-state index contributed by atoms with van der Waals surface area (Å²) in [7, 11) is 0. The van der Waals surface area contributed by atoms with Crippen LogP contribution in [-0.4, -0.2) is 14.9 Å². The maximum Gasteiger partial charge on any atom is 0.263 e. The summed E-state index contributed by atoms with van der Waals surface area (Å²) in [5.41, 5.74) is -0.273. The largest absolute Gasteiger partial charge is 0.508 e. The van der Waals surface area contributed by atoms with Crippen molar-refractivity contribution in [3.05, 3.63) is 33.7 Å². The molecule has 0 fully saturated rings. The second-order valence-corrected chi connectivity index (χ2v) is 5.75. The molecule has 0 spiro atoms. The Kier molecular flexibility index (Phi) is 5.00. The summed E-state index contributed by atoms with van der Waals surface area (Å²) in [4.78, 5) is 9.70. The van der Waals surface area contributed by atoms with Gasteiger partial charge in [0, 0.05) is 0 Å². The first-order valence-electron chi connectivity index (χ1n) is 4.55. The van der Waals surface area contributed by atoms with Crippen LogP contribution in [0.5, 0.6) is 0 Å². The number of allylic oxidation sites excluding steroid dienone is 3. The van der Waals surface area contributed by atoms with Crippen LogP contribution in [0.3, 0.4) is 0 Å². The molecule has 0 bridgehead atoms. The van der Waals surface area contributed by atoms with E-state index in [9.17, 15) is 15.2 Å². The van der Waals surface area contributed by atoms with Crippen LogP contribution >= 0.6 is 15.9 Å². The van der Waals surface area contributed by atoms with Crippen molar-refractivity contribution in [3.8, 4) is 0 Å². The number of nitro groups is 1. The average molecular weight is 278 g/mol. The molecular weight excluding hydrogens is 262 g/mol. The van der Waals surface area contributed by atoms with Crippen LogP contribution in [0.15, 0.2) is 23.6 Å². The van der Waals surface area contributed by atoms with E-state index in [1.54, 1.807) is 13.0 Å². The lowest BCUT2D eigenvalue weighted by Crippen LogP contribution is -2.09. The highest BCUT2D eigenvalue weighted by atomic mass is 79.9. The smallest absolute Gasteiger partial charge is 0.263 e. The molecule has 0 saturated heterocycles. The van der Waals surface area contributed by atoms with Gasteiger partial charge in [0.05, 0.1) is 11.0 Å². The molecule has 1 N–H and O–H groups in total. The second kappa shape index (κ2) is 5.30. The van der Waals surface area contributed by atoms with Gasteiger partial charge in [-0.1, -0.05) is 36.7 Å². The van der Waals surface area contributed by atoms with Gasteiger partial charge in [0.1, 0.15) is 10.6 Å². The van der Waals surface area contributed by atoms with E-state index in [2.05, 4.69) is 15.9 Å². The zero-order valence-corrected chi connectivity index (χ0v) is 10.9. The number of aliphatic hydroxyl groups is 1. The Labute approximate surface area is 98.0 Å². The van der Waals surface area contributed by atoms with Crippen molar-refractivity contribution in [2.75, 3.05) is 0 Å². The van der Waals surface area contributed by atoms with Gasteiger partial charge in [-0.05, 0) is 18.4 Å². The Morgan fingerprint density at radius 1 is 1.53 bits per heavy atom.